The maximum absolute atomic E-state index is 11.0. The predicted molar refractivity (Wildman–Crippen MR) is 65.7 cm³/mol. The standard InChI is InChI=1S/C8H12Br2N2O4/c1-15-7(13)11-6(5(10)3-4-9)12-8(14)16-2/h3,6H,4H2,1-2H3,(H,11,13)(H,12,14)/b5-3-. The second kappa shape index (κ2) is 8.40. The van der Waals surface area contributed by atoms with E-state index in [1.54, 1.807) is 6.08 Å². The van der Waals surface area contributed by atoms with Crippen molar-refractivity contribution in [1.29, 1.82) is 0 Å². The van der Waals surface area contributed by atoms with Gasteiger partial charge in [-0.05, 0) is 0 Å². The molecule has 0 atom stereocenters. The number of hydrogen-bond donors (Lipinski definition) is 2. The summed E-state index contributed by atoms with van der Waals surface area (Å²) in [4.78, 5) is 22.0. The number of rotatable bonds is 4. The van der Waals surface area contributed by atoms with E-state index in [1.807, 2.05) is 0 Å². The van der Waals surface area contributed by atoms with Crippen LogP contribution in [0, 0.1) is 0 Å². The first-order valence-corrected chi connectivity index (χ1v) is 6.07. The van der Waals surface area contributed by atoms with Crippen LogP contribution in [-0.4, -0.2) is 37.9 Å². The van der Waals surface area contributed by atoms with Gasteiger partial charge in [0.25, 0.3) is 0 Å². The second-order valence-electron chi connectivity index (χ2n) is 2.45. The second-order valence-corrected chi connectivity index (χ2v) is 4.01. The van der Waals surface area contributed by atoms with Crippen LogP contribution < -0.4 is 10.6 Å². The summed E-state index contributed by atoms with van der Waals surface area (Å²) in [5.74, 6) is 0. The normalized spacial score (nSPS) is 10.9. The van der Waals surface area contributed by atoms with Gasteiger partial charge in [-0.2, -0.15) is 0 Å². The van der Waals surface area contributed by atoms with E-state index in [0.717, 1.165) is 0 Å². The van der Waals surface area contributed by atoms with Gasteiger partial charge in [-0.1, -0.05) is 37.9 Å². The van der Waals surface area contributed by atoms with E-state index in [2.05, 4.69) is 52.0 Å². The molecule has 2 N–H and O–H groups in total. The fourth-order valence-corrected chi connectivity index (χ4v) is 1.89. The van der Waals surface area contributed by atoms with Crippen LogP contribution in [0.2, 0.25) is 0 Å². The van der Waals surface area contributed by atoms with Crippen molar-refractivity contribution in [3.8, 4) is 0 Å². The molecule has 0 aromatic heterocycles. The van der Waals surface area contributed by atoms with Crippen LogP contribution in [0.4, 0.5) is 9.59 Å². The molecule has 6 nitrogen and oxygen atoms in total. The third kappa shape index (κ3) is 5.96. The van der Waals surface area contributed by atoms with E-state index >= 15 is 0 Å². The first-order valence-electron chi connectivity index (χ1n) is 4.15. The number of carbonyl (C=O) groups is 2. The SMILES string of the molecule is COC(=O)NC(NC(=O)OC)/C(Br)=C/CBr. The minimum Gasteiger partial charge on any atom is -0.453 e. The van der Waals surface area contributed by atoms with Gasteiger partial charge in [0.2, 0.25) is 0 Å². The molecule has 0 saturated heterocycles. The number of alkyl halides is 1. The minimum absolute atomic E-state index is 0.565. The van der Waals surface area contributed by atoms with Crippen molar-refractivity contribution in [2.45, 2.75) is 6.17 Å². The molecular formula is C8H12Br2N2O4. The molecule has 92 valence electrons. The van der Waals surface area contributed by atoms with E-state index in [-0.39, 0.29) is 0 Å². The highest BCUT2D eigenvalue weighted by Crippen LogP contribution is 2.10. The molecule has 0 radical (unpaired) electrons. The Hall–Kier alpha value is -0.760. The van der Waals surface area contributed by atoms with E-state index in [0.29, 0.717) is 9.81 Å². The van der Waals surface area contributed by atoms with Crippen LogP contribution in [0.5, 0.6) is 0 Å². The topological polar surface area (TPSA) is 76.7 Å². The Morgan fingerprint density at radius 2 is 1.69 bits per heavy atom. The smallest absolute Gasteiger partial charge is 0.408 e. The zero-order valence-corrected chi connectivity index (χ0v) is 11.9. The van der Waals surface area contributed by atoms with Gasteiger partial charge >= 0.3 is 12.2 Å². The van der Waals surface area contributed by atoms with Gasteiger partial charge in [0, 0.05) is 9.81 Å². The summed E-state index contributed by atoms with van der Waals surface area (Å²) in [5.41, 5.74) is 0. The summed E-state index contributed by atoms with van der Waals surface area (Å²) in [6.45, 7) is 0. The lowest BCUT2D eigenvalue weighted by Gasteiger charge is -2.18. The summed E-state index contributed by atoms with van der Waals surface area (Å²) in [7, 11) is 2.46. The Bertz CT molecular complexity index is 265. The monoisotopic (exact) mass is 358 g/mol. The Kier molecular flexibility index (Phi) is 8.00. The zero-order chi connectivity index (χ0) is 12.6. The van der Waals surface area contributed by atoms with Gasteiger partial charge in [-0.25, -0.2) is 9.59 Å². The molecule has 2 amide bonds. The van der Waals surface area contributed by atoms with Crippen molar-refractivity contribution < 1.29 is 19.1 Å². The van der Waals surface area contributed by atoms with Crippen molar-refractivity contribution in [2.24, 2.45) is 0 Å². The number of ether oxygens (including phenoxy) is 2. The van der Waals surface area contributed by atoms with Crippen LogP contribution >= 0.6 is 31.9 Å². The highest BCUT2D eigenvalue weighted by Gasteiger charge is 2.17. The first kappa shape index (κ1) is 15.2. The minimum atomic E-state index is -0.738. The number of allylic oxidation sites excluding steroid dienone is 1. The third-order valence-corrected chi connectivity index (χ3v) is 2.55. The molecule has 0 bridgehead atoms. The zero-order valence-electron chi connectivity index (χ0n) is 8.75. The summed E-state index contributed by atoms with van der Waals surface area (Å²) < 4.78 is 9.41. The van der Waals surface area contributed by atoms with Gasteiger partial charge in [0.05, 0.1) is 14.2 Å². The van der Waals surface area contributed by atoms with Gasteiger partial charge in [0.1, 0.15) is 6.17 Å². The molecule has 0 aromatic rings. The van der Waals surface area contributed by atoms with E-state index in [4.69, 9.17) is 0 Å². The number of carbonyl (C=O) groups excluding carboxylic acids is 2. The molecular weight excluding hydrogens is 348 g/mol. The van der Waals surface area contributed by atoms with Gasteiger partial charge in [-0.15, -0.1) is 0 Å². The number of halogens is 2. The molecule has 0 aliphatic carbocycles. The Balaban J connectivity index is 4.56. The molecule has 0 unspecified atom stereocenters. The summed E-state index contributed by atoms with van der Waals surface area (Å²) in [5, 5.41) is 5.38. The van der Waals surface area contributed by atoms with Crippen LogP contribution in [0.25, 0.3) is 0 Å². The molecule has 0 rings (SSSR count). The van der Waals surface area contributed by atoms with Crippen molar-refractivity contribution in [2.75, 3.05) is 19.5 Å². The average Bonchev–Trinajstić information content (AvgIpc) is 2.27. The molecule has 0 fully saturated rings. The number of amides is 2. The van der Waals surface area contributed by atoms with Gasteiger partial charge in [-0.3, -0.25) is 10.6 Å². The maximum Gasteiger partial charge on any atom is 0.408 e. The number of methoxy groups -OCH3 is 2. The predicted octanol–water partition coefficient (Wildman–Crippen LogP) is 1.70. The van der Waals surface area contributed by atoms with E-state index < -0.39 is 18.4 Å². The summed E-state index contributed by atoms with van der Waals surface area (Å²) in [6, 6.07) is 0. The van der Waals surface area contributed by atoms with E-state index in [1.165, 1.54) is 14.2 Å². The molecule has 0 aromatic carbocycles. The Labute approximate surface area is 110 Å². The largest absolute Gasteiger partial charge is 0.453 e. The Morgan fingerprint density at radius 3 is 2.00 bits per heavy atom. The van der Waals surface area contributed by atoms with Crippen LogP contribution in [0.1, 0.15) is 0 Å². The number of hydrogen-bond acceptors (Lipinski definition) is 4. The Morgan fingerprint density at radius 1 is 1.25 bits per heavy atom. The average molecular weight is 360 g/mol. The van der Waals surface area contributed by atoms with Gasteiger partial charge < -0.3 is 9.47 Å². The summed E-state index contributed by atoms with van der Waals surface area (Å²) in [6.07, 6.45) is -0.351. The van der Waals surface area contributed by atoms with E-state index in [9.17, 15) is 9.59 Å². The van der Waals surface area contributed by atoms with Crippen LogP contribution in [0.3, 0.4) is 0 Å². The fourth-order valence-electron chi connectivity index (χ4n) is 0.719. The lowest BCUT2D eigenvalue weighted by Crippen LogP contribution is -2.48. The number of alkyl carbamates (subject to hydrolysis) is 2. The number of nitrogens with one attached hydrogen (secondary N) is 2. The molecule has 0 saturated carbocycles. The van der Waals surface area contributed by atoms with Crippen molar-refractivity contribution in [1.82, 2.24) is 10.6 Å². The lowest BCUT2D eigenvalue weighted by molar-refractivity contribution is 0.157. The quantitative estimate of drug-likeness (QED) is 0.591. The highest BCUT2D eigenvalue weighted by molar-refractivity contribution is 9.12. The van der Waals surface area contributed by atoms with Crippen LogP contribution in [0.15, 0.2) is 10.6 Å². The molecule has 8 heteroatoms. The summed E-state index contributed by atoms with van der Waals surface area (Å²) >= 11 is 6.40. The lowest BCUT2D eigenvalue weighted by atomic mass is 10.4. The molecule has 0 spiro atoms. The van der Waals surface area contributed by atoms with Crippen molar-refractivity contribution >= 4 is 44.0 Å². The molecule has 0 aliphatic heterocycles. The highest BCUT2D eigenvalue weighted by atomic mass is 79.9. The van der Waals surface area contributed by atoms with Gasteiger partial charge in [0.15, 0.2) is 0 Å². The molecule has 0 aliphatic rings. The fraction of sp³-hybridized carbons (Fsp3) is 0.500. The van der Waals surface area contributed by atoms with Crippen LogP contribution in [-0.2, 0) is 9.47 Å². The van der Waals surface area contributed by atoms with Crippen molar-refractivity contribution in [3.05, 3.63) is 10.6 Å². The maximum atomic E-state index is 11.0. The first-order chi connectivity index (χ1) is 7.54. The van der Waals surface area contributed by atoms with Crippen molar-refractivity contribution in [3.63, 3.8) is 0 Å². The molecule has 16 heavy (non-hydrogen) atoms. The molecule has 0 heterocycles. The third-order valence-electron chi connectivity index (χ3n) is 1.44.